The normalized spacial score (nSPS) is 19.5. The van der Waals surface area contributed by atoms with Crippen LogP contribution in [-0.4, -0.2) is 29.1 Å². The van der Waals surface area contributed by atoms with E-state index < -0.39 is 0 Å². The number of hydrogen-bond donors (Lipinski definition) is 1. The van der Waals surface area contributed by atoms with Crippen LogP contribution in [0.5, 0.6) is 5.75 Å². The lowest BCUT2D eigenvalue weighted by Gasteiger charge is -2.05. The topological polar surface area (TPSA) is 63.1 Å². The second-order valence-electron chi connectivity index (χ2n) is 5.38. The molecule has 0 aliphatic carbocycles. The van der Waals surface area contributed by atoms with Crippen molar-refractivity contribution in [2.75, 3.05) is 6.61 Å². The van der Waals surface area contributed by atoms with Gasteiger partial charge in [0.15, 0.2) is 5.17 Å². The molecule has 0 spiro atoms. The van der Waals surface area contributed by atoms with Crippen LogP contribution >= 0.6 is 11.8 Å². The molecule has 124 valence electrons. The molecule has 1 saturated heterocycles. The summed E-state index contributed by atoms with van der Waals surface area (Å²) < 4.78 is 5.69. The summed E-state index contributed by atoms with van der Waals surface area (Å²) in [5, 5.41) is 11.1. The Balaban J connectivity index is 1.77. The molecule has 1 aliphatic heterocycles. The van der Waals surface area contributed by atoms with E-state index in [1.54, 1.807) is 6.21 Å². The molecule has 1 N–H and O–H groups in total. The fraction of sp³-hybridized carbons (Fsp3) is 0.471. The smallest absolute Gasteiger partial charge is 0.239 e. The number of thioether (sulfide) groups is 1. The van der Waals surface area contributed by atoms with Crippen molar-refractivity contribution in [3.63, 3.8) is 0 Å². The number of amides is 1. The molecule has 2 rings (SSSR count). The third-order valence-corrected chi connectivity index (χ3v) is 4.36. The van der Waals surface area contributed by atoms with Gasteiger partial charge in [-0.3, -0.25) is 4.79 Å². The van der Waals surface area contributed by atoms with Gasteiger partial charge >= 0.3 is 0 Å². The van der Waals surface area contributed by atoms with Gasteiger partial charge in [-0.1, -0.05) is 37.9 Å². The molecule has 0 aromatic heterocycles. The van der Waals surface area contributed by atoms with E-state index in [1.165, 1.54) is 31.0 Å². The van der Waals surface area contributed by atoms with Gasteiger partial charge in [-0.05, 0) is 43.2 Å². The van der Waals surface area contributed by atoms with Crippen molar-refractivity contribution in [3.8, 4) is 5.75 Å². The maximum absolute atomic E-state index is 11.3. The van der Waals surface area contributed by atoms with Crippen molar-refractivity contribution in [1.29, 1.82) is 0 Å². The van der Waals surface area contributed by atoms with Gasteiger partial charge in [0.05, 0.1) is 18.1 Å². The average molecular weight is 333 g/mol. The number of ether oxygens (including phenoxy) is 1. The Labute approximate surface area is 141 Å². The Morgan fingerprint density at radius 1 is 1.26 bits per heavy atom. The quantitative estimate of drug-likeness (QED) is 0.449. The van der Waals surface area contributed by atoms with Gasteiger partial charge in [0.2, 0.25) is 5.91 Å². The highest BCUT2D eigenvalue weighted by atomic mass is 32.2. The first-order chi connectivity index (χ1) is 11.2. The first-order valence-corrected chi connectivity index (χ1v) is 8.88. The zero-order valence-electron chi connectivity index (χ0n) is 13.6. The molecule has 23 heavy (non-hydrogen) atoms. The Morgan fingerprint density at radius 3 is 2.70 bits per heavy atom. The van der Waals surface area contributed by atoms with Crippen LogP contribution in [0, 0.1) is 0 Å². The van der Waals surface area contributed by atoms with Gasteiger partial charge < -0.3 is 10.1 Å². The second kappa shape index (κ2) is 9.35. The minimum absolute atomic E-state index is 0.0237. The van der Waals surface area contributed by atoms with E-state index in [9.17, 15) is 4.79 Å². The van der Waals surface area contributed by atoms with Gasteiger partial charge in [-0.15, -0.1) is 5.10 Å². The first kappa shape index (κ1) is 17.5. The van der Waals surface area contributed by atoms with Gasteiger partial charge in [0.1, 0.15) is 5.75 Å². The van der Waals surface area contributed by atoms with Crippen LogP contribution in [0.3, 0.4) is 0 Å². The predicted octanol–water partition coefficient (Wildman–Crippen LogP) is 3.59. The van der Waals surface area contributed by atoms with E-state index in [4.69, 9.17) is 4.74 Å². The SMILES string of the molecule is CCCCCCOc1ccc(/C=N/N=C2/NC(=O)C(C)S2)cc1. The number of unbranched alkanes of at least 4 members (excludes halogenated alkanes) is 3. The summed E-state index contributed by atoms with van der Waals surface area (Å²) >= 11 is 1.38. The van der Waals surface area contributed by atoms with Crippen molar-refractivity contribution < 1.29 is 9.53 Å². The van der Waals surface area contributed by atoms with Crippen LogP contribution in [0.2, 0.25) is 0 Å². The molecule has 1 aromatic carbocycles. The fourth-order valence-corrected chi connectivity index (χ4v) is 2.78. The molecule has 1 amide bonds. The zero-order valence-corrected chi connectivity index (χ0v) is 14.4. The van der Waals surface area contributed by atoms with E-state index in [2.05, 4.69) is 22.4 Å². The molecule has 1 aliphatic rings. The molecule has 1 unspecified atom stereocenters. The lowest BCUT2D eigenvalue weighted by molar-refractivity contribution is -0.118. The number of rotatable bonds is 8. The minimum atomic E-state index is -0.0993. The van der Waals surface area contributed by atoms with Crippen molar-refractivity contribution in [1.82, 2.24) is 5.32 Å². The van der Waals surface area contributed by atoms with Crippen molar-refractivity contribution in [3.05, 3.63) is 29.8 Å². The first-order valence-electron chi connectivity index (χ1n) is 8.00. The molecule has 1 aromatic rings. The maximum Gasteiger partial charge on any atom is 0.239 e. The molecule has 1 atom stereocenters. The number of amidine groups is 1. The predicted molar refractivity (Wildman–Crippen MR) is 96.3 cm³/mol. The van der Waals surface area contributed by atoms with E-state index in [-0.39, 0.29) is 11.2 Å². The molecule has 0 radical (unpaired) electrons. The van der Waals surface area contributed by atoms with Crippen LogP contribution in [0.1, 0.15) is 45.1 Å². The van der Waals surface area contributed by atoms with E-state index in [1.807, 2.05) is 31.2 Å². The molecule has 0 saturated carbocycles. The molecule has 5 nitrogen and oxygen atoms in total. The highest BCUT2D eigenvalue weighted by Crippen LogP contribution is 2.18. The molecule has 6 heteroatoms. The number of nitrogens with zero attached hydrogens (tertiary/aromatic N) is 2. The van der Waals surface area contributed by atoms with Crippen molar-refractivity contribution in [2.24, 2.45) is 10.2 Å². The minimum Gasteiger partial charge on any atom is -0.494 e. The Kier molecular flexibility index (Phi) is 7.13. The molecular formula is C17H23N3O2S. The molecule has 0 bridgehead atoms. The van der Waals surface area contributed by atoms with Gasteiger partial charge in [-0.25, -0.2) is 0 Å². The number of carbonyl (C=O) groups is 1. The maximum atomic E-state index is 11.3. The summed E-state index contributed by atoms with van der Waals surface area (Å²) in [5.41, 5.74) is 0.940. The lowest BCUT2D eigenvalue weighted by atomic mass is 10.2. The Bertz CT molecular complexity index is 570. The monoisotopic (exact) mass is 333 g/mol. The molecular weight excluding hydrogens is 310 g/mol. The van der Waals surface area contributed by atoms with Gasteiger partial charge in [0, 0.05) is 0 Å². The van der Waals surface area contributed by atoms with Crippen LogP contribution in [-0.2, 0) is 4.79 Å². The second-order valence-corrected chi connectivity index (χ2v) is 6.71. The molecule has 1 heterocycles. The molecule has 1 fully saturated rings. The number of benzene rings is 1. The fourth-order valence-electron chi connectivity index (χ4n) is 2.02. The summed E-state index contributed by atoms with van der Waals surface area (Å²) in [7, 11) is 0. The van der Waals surface area contributed by atoms with E-state index in [0.717, 1.165) is 24.3 Å². The van der Waals surface area contributed by atoms with Crippen LogP contribution in [0.15, 0.2) is 34.5 Å². The van der Waals surface area contributed by atoms with Crippen molar-refractivity contribution >= 4 is 29.1 Å². The highest BCUT2D eigenvalue weighted by Gasteiger charge is 2.25. The largest absolute Gasteiger partial charge is 0.494 e. The van der Waals surface area contributed by atoms with E-state index >= 15 is 0 Å². The van der Waals surface area contributed by atoms with Crippen LogP contribution < -0.4 is 10.1 Å². The van der Waals surface area contributed by atoms with Crippen LogP contribution in [0.25, 0.3) is 0 Å². The highest BCUT2D eigenvalue weighted by molar-refractivity contribution is 8.15. The number of carbonyl (C=O) groups excluding carboxylic acids is 1. The number of nitrogens with one attached hydrogen (secondary N) is 1. The summed E-state index contributed by atoms with van der Waals surface area (Å²) in [5.74, 6) is 0.849. The summed E-state index contributed by atoms with van der Waals surface area (Å²) in [4.78, 5) is 11.3. The zero-order chi connectivity index (χ0) is 16.5. The third kappa shape index (κ3) is 6.06. The summed E-state index contributed by atoms with van der Waals surface area (Å²) in [6.07, 6.45) is 6.47. The van der Waals surface area contributed by atoms with Gasteiger partial charge in [0.25, 0.3) is 0 Å². The Hall–Kier alpha value is -1.82. The average Bonchev–Trinajstić information content (AvgIpc) is 2.87. The summed E-state index contributed by atoms with van der Waals surface area (Å²) in [6, 6.07) is 7.74. The van der Waals surface area contributed by atoms with Crippen LogP contribution in [0.4, 0.5) is 0 Å². The lowest BCUT2D eigenvalue weighted by Crippen LogP contribution is -2.23. The summed E-state index contributed by atoms with van der Waals surface area (Å²) in [6.45, 7) is 4.80. The van der Waals surface area contributed by atoms with E-state index in [0.29, 0.717) is 5.17 Å². The standard InChI is InChI=1S/C17H23N3O2S/c1-3-4-5-6-11-22-15-9-7-14(8-10-15)12-18-20-17-19-16(21)13(2)23-17/h7-10,12-13H,3-6,11H2,1-2H3,(H,19,20,21)/b18-12+. The Morgan fingerprint density at radius 2 is 2.04 bits per heavy atom. The third-order valence-electron chi connectivity index (χ3n) is 3.39. The van der Waals surface area contributed by atoms with Gasteiger partial charge in [-0.2, -0.15) is 5.10 Å². The number of hydrogen-bond acceptors (Lipinski definition) is 5. The van der Waals surface area contributed by atoms with Crippen molar-refractivity contribution in [2.45, 2.75) is 44.8 Å².